The van der Waals surface area contributed by atoms with Crippen molar-refractivity contribution in [1.29, 1.82) is 0 Å². The third-order valence-corrected chi connectivity index (χ3v) is 2.34. The van der Waals surface area contributed by atoms with E-state index in [1.54, 1.807) is 0 Å². The Hall–Kier alpha value is -0.210. The molecule has 3 heteroatoms. The van der Waals surface area contributed by atoms with E-state index < -0.39 is 0 Å². The molecule has 1 aromatic rings. The molecule has 0 bridgehead atoms. The Kier molecular flexibility index (Phi) is 3.85. The summed E-state index contributed by atoms with van der Waals surface area (Å²) >= 11 is 9.35. The van der Waals surface area contributed by atoms with Crippen LogP contribution in [0.5, 0.6) is 5.75 Å². The Labute approximate surface area is 98.5 Å². The summed E-state index contributed by atoms with van der Waals surface area (Å²) in [6.07, 6.45) is 0. The number of halogens is 2. The largest absolute Gasteiger partial charge is 0.491 e. The minimum absolute atomic E-state index is 0.149. The van der Waals surface area contributed by atoms with E-state index in [-0.39, 0.29) is 5.41 Å². The van der Waals surface area contributed by atoms with Gasteiger partial charge in [-0.25, -0.2) is 0 Å². The van der Waals surface area contributed by atoms with Crippen LogP contribution < -0.4 is 4.74 Å². The number of rotatable bonds is 2. The summed E-state index contributed by atoms with van der Waals surface area (Å²) in [5.74, 6) is 0.741. The molecule has 0 N–H and O–H groups in total. The fraction of sp³-hybridized carbons (Fsp3) is 0.455. The van der Waals surface area contributed by atoms with E-state index in [0.717, 1.165) is 10.2 Å². The molecule has 78 valence electrons. The molecule has 0 amide bonds. The molecule has 0 radical (unpaired) electrons. The van der Waals surface area contributed by atoms with Crippen molar-refractivity contribution < 1.29 is 4.74 Å². The monoisotopic (exact) mass is 276 g/mol. The molecule has 1 nitrogen and oxygen atoms in total. The molecule has 0 aliphatic heterocycles. The predicted molar refractivity (Wildman–Crippen MR) is 64.1 cm³/mol. The Morgan fingerprint density at radius 3 is 2.50 bits per heavy atom. The van der Waals surface area contributed by atoms with E-state index in [0.29, 0.717) is 11.6 Å². The maximum atomic E-state index is 6.00. The number of hydrogen-bond donors (Lipinski definition) is 0. The summed E-state index contributed by atoms with van der Waals surface area (Å²) in [4.78, 5) is 0. The molecule has 14 heavy (non-hydrogen) atoms. The van der Waals surface area contributed by atoms with Crippen molar-refractivity contribution in [3.8, 4) is 5.75 Å². The maximum absolute atomic E-state index is 6.00. The third-order valence-electron chi connectivity index (χ3n) is 1.55. The first-order valence-corrected chi connectivity index (χ1v) is 5.63. The van der Waals surface area contributed by atoms with Gasteiger partial charge in [0.2, 0.25) is 0 Å². The summed E-state index contributed by atoms with van der Waals surface area (Å²) in [6, 6.07) is 5.63. The minimum Gasteiger partial charge on any atom is -0.491 e. The maximum Gasteiger partial charge on any atom is 0.137 e. The Morgan fingerprint density at radius 2 is 2.00 bits per heavy atom. The van der Waals surface area contributed by atoms with Gasteiger partial charge in [0, 0.05) is 4.47 Å². The van der Waals surface area contributed by atoms with Gasteiger partial charge in [-0.3, -0.25) is 0 Å². The van der Waals surface area contributed by atoms with Gasteiger partial charge < -0.3 is 4.74 Å². The lowest BCUT2D eigenvalue weighted by atomic mass is 9.99. The van der Waals surface area contributed by atoms with Gasteiger partial charge in [-0.15, -0.1) is 0 Å². The normalized spacial score (nSPS) is 11.5. The quantitative estimate of drug-likeness (QED) is 0.772. The van der Waals surface area contributed by atoms with Crippen LogP contribution in [0.25, 0.3) is 0 Å². The van der Waals surface area contributed by atoms with Crippen LogP contribution in [0, 0.1) is 5.41 Å². The highest BCUT2D eigenvalue weighted by atomic mass is 79.9. The molecule has 1 aromatic carbocycles. The van der Waals surface area contributed by atoms with Gasteiger partial charge >= 0.3 is 0 Å². The third kappa shape index (κ3) is 3.89. The van der Waals surface area contributed by atoms with Gasteiger partial charge in [0.1, 0.15) is 5.75 Å². The van der Waals surface area contributed by atoms with Crippen LogP contribution in [-0.4, -0.2) is 6.61 Å². The Morgan fingerprint density at radius 1 is 1.36 bits per heavy atom. The lowest BCUT2D eigenvalue weighted by Gasteiger charge is -2.19. The first kappa shape index (κ1) is 11.9. The van der Waals surface area contributed by atoms with Crippen LogP contribution in [0.4, 0.5) is 0 Å². The Balaban J connectivity index is 2.68. The van der Waals surface area contributed by atoms with E-state index in [1.807, 2.05) is 18.2 Å². The van der Waals surface area contributed by atoms with Gasteiger partial charge in [-0.2, -0.15) is 0 Å². The zero-order valence-corrected chi connectivity index (χ0v) is 10.9. The summed E-state index contributed by atoms with van der Waals surface area (Å²) < 4.78 is 6.57. The molecule has 0 saturated heterocycles. The molecule has 0 unspecified atom stereocenters. The van der Waals surface area contributed by atoms with Gasteiger partial charge in [-0.1, -0.05) is 48.3 Å². The number of benzene rings is 1. The molecule has 1 rings (SSSR count). The minimum atomic E-state index is 0.149. The van der Waals surface area contributed by atoms with Crippen LogP contribution in [0.2, 0.25) is 5.02 Å². The van der Waals surface area contributed by atoms with Gasteiger partial charge in [0.25, 0.3) is 0 Å². The molecule has 0 aliphatic carbocycles. The standard InChI is InChI=1S/C11H14BrClO/c1-11(2,3)7-14-10-5-4-8(12)6-9(10)13/h4-6H,7H2,1-3H3. The van der Waals surface area contributed by atoms with Gasteiger partial charge in [-0.05, 0) is 23.6 Å². The fourth-order valence-corrected chi connectivity index (χ4v) is 1.61. The topological polar surface area (TPSA) is 9.23 Å². The van der Waals surface area contributed by atoms with Crippen LogP contribution in [0.15, 0.2) is 22.7 Å². The molecule has 0 atom stereocenters. The SMILES string of the molecule is CC(C)(C)COc1ccc(Br)cc1Cl. The van der Waals surface area contributed by atoms with Crippen molar-refractivity contribution in [3.63, 3.8) is 0 Å². The molecule has 0 aliphatic rings. The smallest absolute Gasteiger partial charge is 0.137 e. The van der Waals surface area contributed by atoms with Gasteiger partial charge in [0.15, 0.2) is 0 Å². The first-order chi connectivity index (χ1) is 6.38. The number of ether oxygens (including phenoxy) is 1. The number of hydrogen-bond acceptors (Lipinski definition) is 1. The van der Waals surface area contributed by atoms with Crippen molar-refractivity contribution in [2.45, 2.75) is 20.8 Å². The molecule has 0 heterocycles. The lowest BCUT2D eigenvalue weighted by molar-refractivity contribution is 0.198. The zero-order valence-electron chi connectivity index (χ0n) is 8.60. The second-order valence-electron chi connectivity index (χ2n) is 4.42. The summed E-state index contributed by atoms with van der Waals surface area (Å²) in [7, 11) is 0. The molecular weight excluding hydrogens is 263 g/mol. The van der Waals surface area contributed by atoms with Crippen molar-refractivity contribution in [2.75, 3.05) is 6.61 Å². The Bertz CT molecular complexity index is 318. The summed E-state index contributed by atoms with van der Waals surface area (Å²) in [5.41, 5.74) is 0.149. The van der Waals surface area contributed by atoms with E-state index in [9.17, 15) is 0 Å². The molecule has 0 aromatic heterocycles. The average molecular weight is 278 g/mol. The van der Waals surface area contributed by atoms with Crippen LogP contribution in [-0.2, 0) is 0 Å². The molecule has 0 saturated carbocycles. The summed E-state index contributed by atoms with van der Waals surface area (Å²) in [5, 5.41) is 0.642. The van der Waals surface area contributed by atoms with Crippen LogP contribution in [0.1, 0.15) is 20.8 Å². The van der Waals surface area contributed by atoms with E-state index >= 15 is 0 Å². The molecular formula is C11H14BrClO. The van der Waals surface area contributed by atoms with Crippen molar-refractivity contribution in [2.24, 2.45) is 5.41 Å². The van der Waals surface area contributed by atoms with Crippen molar-refractivity contribution in [1.82, 2.24) is 0 Å². The zero-order chi connectivity index (χ0) is 10.8. The summed E-state index contributed by atoms with van der Waals surface area (Å²) in [6.45, 7) is 7.04. The van der Waals surface area contributed by atoms with E-state index in [1.165, 1.54) is 0 Å². The predicted octanol–water partition coefficient (Wildman–Crippen LogP) is 4.53. The highest BCUT2D eigenvalue weighted by Gasteiger charge is 2.12. The average Bonchev–Trinajstić information content (AvgIpc) is 2.00. The van der Waals surface area contributed by atoms with E-state index in [4.69, 9.17) is 16.3 Å². The second-order valence-corrected chi connectivity index (χ2v) is 5.75. The highest BCUT2D eigenvalue weighted by Crippen LogP contribution is 2.29. The highest BCUT2D eigenvalue weighted by molar-refractivity contribution is 9.10. The molecule has 0 spiro atoms. The fourth-order valence-electron chi connectivity index (χ4n) is 0.887. The molecule has 0 fully saturated rings. The first-order valence-electron chi connectivity index (χ1n) is 4.46. The van der Waals surface area contributed by atoms with Crippen LogP contribution in [0.3, 0.4) is 0 Å². The van der Waals surface area contributed by atoms with Crippen molar-refractivity contribution >= 4 is 27.5 Å². The second kappa shape index (κ2) is 4.54. The van der Waals surface area contributed by atoms with Crippen molar-refractivity contribution in [3.05, 3.63) is 27.7 Å². The van der Waals surface area contributed by atoms with Crippen LogP contribution >= 0.6 is 27.5 Å². The lowest BCUT2D eigenvalue weighted by Crippen LogP contribution is -2.16. The van der Waals surface area contributed by atoms with Gasteiger partial charge in [0.05, 0.1) is 11.6 Å². The van der Waals surface area contributed by atoms with E-state index in [2.05, 4.69) is 36.7 Å².